The minimum atomic E-state index is -1.53. The van der Waals surface area contributed by atoms with Gasteiger partial charge in [0.1, 0.15) is 68.3 Å². The van der Waals surface area contributed by atoms with Crippen LogP contribution in [0.5, 0.6) is 11.8 Å². The summed E-state index contributed by atoms with van der Waals surface area (Å²) in [6.07, 6.45) is 9.62. The summed E-state index contributed by atoms with van der Waals surface area (Å²) >= 11 is 6.67. The van der Waals surface area contributed by atoms with Crippen LogP contribution in [0.15, 0.2) is 97.4 Å². The van der Waals surface area contributed by atoms with E-state index in [4.69, 9.17) is 37.8 Å². The average Bonchev–Trinajstić information content (AvgIpc) is 4.16. The first kappa shape index (κ1) is 52.5. The molecule has 0 atom stereocenters. The van der Waals surface area contributed by atoms with Crippen LogP contribution in [-0.2, 0) is 9.47 Å². The molecule has 2 N–H and O–H groups in total. The molecule has 6 aromatic heterocycles. The summed E-state index contributed by atoms with van der Waals surface area (Å²) in [5.74, 6) is 2.01. The molecule has 0 aliphatic heterocycles. The molecule has 2 saturated carbocycles. The number of benzene rings is 2. The zero-order valence-corrected chi connectivity index (χ0v) is 44.9. The summed E-state index contributed by atoms with van der Waals surface area (Å²) in [4.78, 5) is 47.4. The lowest BCUT2D eigenvalue weighted by Crippen LogP contribution is -2.43. The molecule has 2 aliphatic carbocycles. The highest BCUT2D eigenvalue weighted by Crippen LogP contribution is 2.41. The van der Waals surface area contributed by atoms with Gasteiger partial charge in [-0.3, -0.25) is 0 Å². The fourth-order valence-electron chi connectivity index (χ4n) is 8.65. The van der Waals surface area contributed by atoms with E-state index in [9.17, 15) is 9.59 Å². The molecule has 20 heteroatoms. The minimum Gasteiger partial charge on any atom is -0.474 e. The number of para-hydroxylation sites is 2. The maximum Gasteiger partial charge on any atom is 0.526 e. The molecule has 2 fully saturated rings. The third kappa shape index (κ3) is 13.0. The number of ether oxygens (including phenoxy) is 4. The number of aromatic nitrogens is 4. The van der Waals surface area contributed by atoms with Crippen LogP contribution in [0.4, 0.5) is 9.59 Å². The molecule has 72 heavy (non-hydrogen) atoms. The standard InChI is InChI=1S/C26H29N3O4S.C18H24BrN3O3S.C8H7BO3/c1-26(2,3)33-25(30)29(4)17-9-11-18(12-10-17)31-23-22-19(14-34-24(22)28-15-27-23)21-13-16-7-5-6-8-20(16)32-21;1-18(2,3)25-17(23)22(4)11-5-7-12(8-6-11)24-15-14-13(19)9-26-16(14)21-10-20-15;10-9(11)8-5-6-3-1-2-4-7(6)12-8/h5-8,13-15,17-18H,9-12H2,1-4H3;9-12H,5-8H2,1-4H3;1-5,10-11H. The van der Waals surface area contributed by atoms with Gasteiger partial charge in [-0.25, -0.2) is 29.5 Å². The first-order chi connectivity index (χ1) is 34.3. The second-order valence-electron chi connectivity index (χ2n) is 19.9. The van der Waals surface area contributed by atoms with Crippen molar-refractivity contribution in [3.63, 3.8) is 0 Å². The highest BCUT2D eigenvalue weighted by atomic mass is 79.9. The molecule has 16 nitrogen and oxygen atoms in total. The molecule has 6 heterocycles. The van der Waals surface area contributed by atoms with Gasteiger partial charge in [0.25, 0.3) is 0 Å². The zero-order valence-electron chi connectivity index (χ0n) is 41.7. The number of nitrogens with zero attached hydrogens (tertiary/aromatic N) is 6. The van der Waals surface area contributed by atoms with Gasteiger partial charge in [-0.2, -0.15) is 0 Å². The summed E-state index contributed by atoms with van der Waals surface area (Å²) < 4.78 is 35.8. The summed E-state index contributed by atoms with van der Waals surface area (Å²) in [5, 5.41) is 25.4. The second kappa shape index (κ2) is 22.5. The van der Waals surface area contributed by atoms with Gasteiger partial charge >= 0.3 is 19.3 Å². The Labute approximate surface area is 434 Å². The summed E-state index contributed by atoms with van der Waals surface area (Å²) in [5.41, 5.74) is 1.67. The molecule has 10 rings (SSSR count). The van der Waals surface area contributed by atoms with Crippen molar-refractivity contribution in [3.8, 4) is 23.1 Å². The molecule has 2 amide bonds. The first-order valence-electron chi connectivity index (χ1n) is 24.0. The number of fused-ring (bicyclic) bond motifs is 4. The number of carbonyl (C=O) groups is 2. The van der Waals surface area contributed by atoms with Crippen molar-refractivity contribution < 1.29 is 47.4 Å². The summed E-state index contributed by atoms with van der Waals surface area (Å²) in [7, 11) is 2.10. The summed E-state index contributed by atoms with van der Waals surface area (Å²) in [6, 6.07) is 19.3. The number of halogens is 1. The number of furan rings is 2. The Hall–Kier alpha value is -5.80. The Morgan fingerprint density at radius 3 is 1.60 bits per heavy atom. The Balaban J connectivity index is 0.000000160. The maximum absolute atomic E-state index is 12.4. The monoisotopic (exact) mass is 1080 g/mol. The van der Waals surface area contributed by atoms with Crippen LogP contribution in [0.25, 0.3) is 53.7 Å². The highest BCUT2D eigenvalue weighted by molar-refractivity contribution is 9.10. The predicted molar refractivity (Wildman–Crippen MR) is 285 cm³/mol. The second-order valence-corrected chi connectivity index (χ2v) is 22.5. The number of rotatable bonds is 8. The van der Waals surface area contributed by atoms with E-state index in [0.29, 0.717) is 17.3 Å². The average molecular weight is 1080 g/mol. The highest BCUT2D eigenvalue weighted by Gasteiger charge is 2.33. The van der Waals surface area contributed by atoms with Gasteiger partial charge in [-0.15, -0.1) is 22.7 Å². The van der Waals surface area contributed by atoms with Crippen LogP contribution < -0.4 is 15.1 Å². The number of thiophene rings is 2. The van der Waals surface area contributed by atoms with Crippen molar-refractivity contribution in [2.45, 2.75) is 128 Å². The molecule has 2 aliphatic rings. The number of amides is 2. The molecule has 0 bridgehead atoms. The Morgan fingerprint density at radius 2 is 1.11 bits per heavy atom. The van der Waals surface area contributed by atoms with Crippen molar-refractivity contribution >= 4 is 106 Å². The molecule has 0 radical (unpaired) electrons. The molecule has 380 valence electrons. The predicted octanol–water partition coefficient (Wildman–Crippen LogP) is 11.8. The van der Waals surface area contributed by atoms with Crippen LogP contribution >= 0.6 is 38.6 Å². The third-order valence-electron chi connectivity index (χ3n) is 12.3. The fourth-order valence-corrected chi connectivity index (χ4v) is 11.1. The SMILES string of the molecule is CN(C(=O)OC(C)(C)C)C1CCC(Oc2ncnc3scc(-c4cc5ccccc5o4)c23)CC1.CN(C(=O)OC(C)(C)C)C1CCC(Oc2ncnc3scc(Br)c23)CC1.OB(O)c1cc2ccccc2o1. The zero-order chi connectivity index (χ0) is 51.3. The van der Waals surface area contributed by atoms with Crippen molar-refractivity contribution in [1.29, 1.82) is 0 Å². The third-order valence-corrected chi connectivity index (χ3v) is 15.0. The maximum atomic E-state index is 12.4. The van der Waals surface area contributed by atoms with Crippen LogP contribution in [0.3, 0.4) is 0 Å². The smallest absolute Gasteiger partial charge is 0.474 e. The molecular weight excluding hydrogens is 1020 g/mol. The lowest BCUT2D eigenvalue weighted by atomic mass is 9.88. The van der Waals surface area contributed by atoms with Crippen molar-refractivity contribution in [2.24, 2.45) is 0 Å². The molecule has 2 aromatic carbocycles. The van der Waals surface area contributed by atoms with E-state index in [2.05, 4.69) is 41.2 Å². The number of carbonyl (C=O) groups excluding carboxylic acids is 2. The number of hydrogen-bond acceptors (Lipinski definition) is 16. The molecule has 8 aromatic rings. The minimum absolute atomic E-state index is 0.0322. The van der Waals surface area contributed by atoms with E-state index in [0.717, 1.165) is 104 Å². The van der Waals surface area contributed by atoms with Crippen LogP contribution in [0.1, 0.15) is 92.9 Å². The van der Waals surface area contributed by atoms with E-state index in [1.165, 1.54) is 0 Å². The van der Waals surface area contributed by atoms with E-state index < -0.39 is 18.3 Å². The quantitative estimate of drug-likeness (QED) is 0.136. The van der Waals surface area contributed by atoms with Gasteiger partial charge < -0.3 is 47.6 Å². The van der Waals surface area contributed by atoms with E-state index in [1.54, 1.807) is 57.3 Å². The Kier molecular flexibility index (Phi) is 16.4. The van der Waals surface area contributed by atoms with Crippen LogP contribution in [0, 0.1) is 0 Å². The van der Waals surface area contributed by atoms with E-state index >= 15 is 0 Å². The molecule has 0 unspecified atom stereocenters. The van der Waals surface area contributed by atoms with Gasteiger partial charge in [0, 0.05) is 57.7 Å². The van der Waals surface area contributed by atoms with Gasteiger partial charge in [-0.05, 0) is 133 Å². The van der Waals surface area contributed by atoms with Crippen molar-refractivity contribution in [2.75, 3.05) is 14.1 Å². The van der Waals surface area contributed by atoms with Crippen LogP contribution in [0.2, 0.25) is 0 Å². The van der Waals surface area contributed by atoms with Crippen molar-refractivity contribution in [1.82, 2.24) is 29.7 Å². The van der Waals surface area contributed by atoms with Crippen molar-refractivity contribution in [3.05, 3.63) is 88.6 Å². The Morgan fingerprint density at radius 1 is 0.653 bits per heavy atom. The first-order valence-corrected chi connectivity index (χ1v) is 26.5. The molecule has 0 saturated heterocycles. The van der Waals surface area contributed by atoms with Gasteiger partial charge in [0.2, 0.25) is 11.8 Å². The van der Waals surface area contributed by atoms with Gasteiger partial charge in [-0.1, -0.05) is 36.4 Å². The van der Waals surface area contributed by atoms with E-state index in [1.807, 2.05) is 110 Å². The Bertz CT molecular complexity index is 3040. The molecular formula is C52H60BBrN6O10S2. The topological polar surface area (TPSA) is 196 Å². The van der Waals surface area contributed by atoms with Gasteiger partial charge in [0.15, 0.2) is 0 Å². The normalized spacial score (nSPS) is 18.2. The largest absolute Gasteiger partial charge is 0.526 e. The fraction of sp³-hybridized carbons (Fsp3) is 0.423. The number of hydrogen-bond donors (Lipinski definition) is 2. The lowest BCUT2D eigenvalue weighted by molar-refractivity contribution is 0.0130. The van der Waals surface area contributed by atoms with Crippen LogP contribution in [-0.4, -0.2) is 109 Å². The van der Waals surface area contributed by atoms with Gasteiger partial charge in [0.05, 0.1) is 10.8 Å². The van der Waals surface area contributed by atoms with E-state index in [-0.39, 0.29) is 42.1 Å². The molecule has 0 spiro atoms. The summed E-state index contributed by atoms with van der Waals surface area (Å²) in [6.45, 7) is 11.3. The lowest BCUT2D eigenvalue weighted by Gasteiger charge is -2.35.